The molecule has 2 unspecified atom stereocenters. The van der Waals surface area contributed by atoms with Crippen molar-refractivity contribution >= 4 is 27.7 Å². The van der Waals surface area contributed by atoms with Crippen LogP contribution in [0.25, 0.3) is 0 Å². The molecule has 2 atom stereocenters. The first-order chi connectivity index (χ1) is 6.88. The molecule has 15 heavy (non-hydrogen) atoms. The number of methoxy groups -OCH3 is 1. The molecule has 8 heteroatoms. The summed E-state index contributed by atoms with van der Waals surface area (Å²) < 4.78 is 24.8. The number of alkyl carbamates (subject to hydrolysis) is 1. The lowest BCUT2D eigenvalue weighted by atomic mass is 10.1. The van der Waals surface area contributed by atoms with Crippen LogP contribution in [0, 0.1) is 5.92 Å². The fraction of sp³-hybridized carbons (Fsp3) is 0.571. The summed E-state index contributed by atoms with van der Waals surface area (Å²) in [7, 11) is -1.40. The second kappa shape index (κ2) is 6.02. The standard InChI is InChI=1S/C7H11NO6S/c1-4(3-15(12)13)5(6(9)10)8-7(11)14-2/h3-5H,1-2H3,(H,8,11)(H,9,10). The van der Waals surface area contributed by atoms with Gasteiger partial charge in [-0.25, -0.2) is 9.59 Å². The fourth-order valence-corrected chi connectivity index (χ4v) is 1.37. The van der Waals surface area contributed by atoms with Crippen molar-refractivity contribution in [2.45, 2.75) is 13.0 Å². The van der Waals surface area contributed by atoms with Crippen LogP contribution in [0.5, 0.6) is 0 Å². The Morgan fingerprint density at radius 3 is 2.33 bits per heavy atom. The topological polar surface area (TPSA) is 110 Å². The van der Waals surface area contributed by atoms with E-state index in [1.54, 1.807) is 0 Å². The first-order valence-electron chi connectivity index (χ1n) is 3.88. The van der Waals surface area contributed by atoms with E-state index in [0.717, 1.165) is 12.5 Å². The van der Waals surface area contributed by atoms with Crippen molar-refractivity contribution in [3.05, 3.63) is 0 Å². The highest BCUT2D eigenvalue weighted by Gasteiger charge is 2.25. The molecule has 0 radical (unpaired) electrons. The van der Waals surface area contributed by atoms with Crippen LogP contribution >= 0.6 is 0 Å². The summed E-state index contributed by atoms with van der Waals surface area (Å²) >= 11 is 0. The van der Waals surface area contributed by atoms with Crippen molar-refractivity contribution in [3.63, 3.8) is 0 Å². The lowest BCUT2D eigenvalue weighted by molar-refractivity contribution is -0.139. The van der Waals surface area contributed by atoms with Crippen LogP contribution in [0.3, 0.4) is 0 Å². The third kappa shape index (κ3) is 5.01. The Bertz CT molecular complexity index is 365. The fourth-order valence-electron chi connectivity index (χ4n) is 0.858. The first kappa shape index (κ1) is 13.4. The normalized spacial score (nSPS) is 13.5. The van der Waals surface area contributed by atoms with Crippen molar-refractivity contribution in [2.75, 3.05) is 7.11 Å². The minimum Gasteiger partial charge on any atom is -0.480 e. The van der Waals surface area contributed by atoms with E-state index >= 15 is 0 Å². The van der Waals surface area contributed by atoms with Crippen LogP contribution in [-0.4, -0.2) is 44.1 Å². The largest absolute Gasteiger partial charge is 0.480 e. The molecule has 0 aromatic carbocycles. The Morgan fingerprint density at radius 2 is 2.00 bits per heavy atom. The Kier molecular flexibility index (Phi) is 5.39. The maximum absolute atomic E-state index is 10.8. The van der Waals surface area contributed by atoms with Gasteiger partial charge in [-0.05, 0) is 0 Å². The van der Waals surface area contributed by atoms with Crippen molar-refractivity contribution in [1.29, 1.82) is 0 Å². The van der Waals surface area contributed by atoms with Gasteiger partial charge in [0.2, 0.25) is 10.3 Å². The van der Waals surface area contributed by atoms with Gasteiger partial charge in [-0.15, -0.1) is 0 Å². The van der Waals surface area contributed by atoms with Crippen molar-refractivity contribution < 1.29 is 27.9 Å². The second-order valence-electron chi connectivity index (χ2n) is 2.71. The number of hydrogen-bond donors (Lipinski definition) is 2. The van der Waals surface area contributed by atoms with Crippen LogP contribution in [0.2, 0.25) is 0 Å². The highest BCUT2D eigenvalue weighted by molar-refractivity contribution is 7.71. The number of carbonyl (C=O) groups is 2. The maximum atomic E-state index is 10.8. The molecular weight excluding hydrogens is 226 g/mol. The maximum Gasteiger partial charge on any atom is 0.407 e. The summed E-state index contributed by atoms with van der Waals surface area (Å²) in [5, 5.41) is 11.5. The molecule has 0 aliphatic carbocycles. The van der Waals surface area contributed by atoms with Gasteiger partial charge in [0.1, 0.15) is 6.04 Å². The summed E-state index contributed by atoms with van der Waals surface area (Å²) in [6.07, 6.45) is -0.931. The molecule has 0 aliphatic rings. The van der Waals surface area contributed by atoms with Crippen LogP contribution < -0.4 is 5.32 Å². The first-order valence-corrected chi connectivity index (χ1v) is 5.02. The van der Waals surface area contributed by atoms with Gasteiger partial charge in [-0.3, -0.25) is 0 Å². The van der Waals surface area contributed by atoms with Crippen molar-refractivity contribution in [3.8, 4) is 0 Å². The zero-order valence-corrected chi connectivity index (χ0v) is 8.95. The van der Waals surface area contributed by atoms with Gasteiger partial charge in [0.05, 0.1) is 7.11 Å². The third-order valence-electron chi connectivity index (χ3n) is 1.58. The predicted molar refractivity (Wildman–Crippen MR) is 51.1 cm³/mol. The van der Waals surface area contributed by atoms with E-state index in [-0.39, 0.29) is 0 Å². The summed E-state index contributed by atoms with van der Waals surface area (Å²) in [4.78, 5) is 21.4. The zero-order valence-electron chi connectivity index (χ0n) is 8.13. The van der Waals surface area contributed by atoms with Gasteiger partial charge in [0, 0.05) is 11.3 Å². The van der Waals surface area contributed by atoms with E-state index in [9.17, 15) is 18.0 Å². The Morgan fingerprint density at radius 1 is 1.47 bits per heavy atom. The quantitative estimate of drug-likeness (QED) is 0.614. The van der Waals surface area contributed by atoms with Crippen LogP contribution in [0.15, 0.2) is 0 Å². The summed E-state index contributed by atoms with van der Waals surface area (Å²) in [6.45, 7) is 1.35. The SMILES string of the molecule is COC(=O)NC(C(=O)O)C(C)C=S(=O)=O. The van der Waals surface area contributed by atoms with Crippen molar-refractivity contribution in [2.24, 2.45) is 5.92 Å². The molecule has 7 nitrogen and oxygen atoms in total. The number of carboxylic acid groups (broad SMARTS) is 1. The molecule has 0 fully saturated rings. The Labute approximate surface area is 87.6 Å². The van der Waals surface area contributed by atoms with Crippen LogP contribution in [0.4, 0.5) is 4.79 Å². The molecule has 0 saturated carbocycles. The lowest BCUT2D eigenvalue weighted by Gasteiger charge is -2.16. The van der Waals surface area contributed by atoms with E-state index in [1.165, 1.54) is 6.92 Å². The van der Waals surface area contributed by atoms with Crippen LogP contribution in [-0.2, 0) is 19.8 Å². The molecule has 0 saturated heterocycles. The Balaban J connectivity index is 4.74. The number of carbonyl (C=O) groups excluding carboxylic acids is 1. The average molecular weight is 237 g/mol. The van der Waals surface area contributed by atoms with Gasteiger partial charge in [0.15, 0.2) is 0 Å². The molecule has 1 amide bonds. The number of hydrogen-bond acceptors (Lipinski definition) is 5. The van der Waals surface area contributed by atoms with E-state index in [2.05, 4.69) is 4.74 Å². The molecule has 0 aliphatic heterocycles. The third-order valence-corrected chi connectivity index (χ3v) is 2.23. The van der Waals surface area contributed by atoms with Crippen LogP contribution in [0.1, 0.15) is 6.92 Å². The summed E-state index contributed by atoms with van der Waals surface area (Å²) in [5.41, 5.74) is 0. The number of nitrogens with one attached hydrogen (secondary N) is 1. The Hall–Kier alpha value is -1.57. The average Bonchev–Trinajstić information content (AvgIpc) is 2.11. The van der Waals surface area contributed by atoms with E-state index in [4.69, 9.17) is 5.11 Å². The smallest absolute Gasteiger partial charge is 0.407 e. The predicted octanol–water partition coefficient (Wildman–Crippen LogP) is -0.887. The molecule has 86 valence electrons. The molecule has 0 heterocycles. The summed E-state index contributed by atoms with van der Waals surface area (Å²) in [6, 6.07) is -1.34. The number of amides is 1. The number of rotatable bonds is 4. The minimum absolute atomic E-state index is 0.786. The minimum atomic E-state index is -2.48. The number of aliphatic carboxylic acids is 1. The molecule has 0 bridgehead atoms. The molecule has 2 N–H and O–H groups in total. The highest BCUT2D eigenvalue weighted by atomic mass is 32.2. The molecule has 0 rings (SSSR count). The molecule has 0 aromatic heterocycles. The van der Waals surface area contributed by atoms with Gasteiger partial charge < -0.3 is 15.2 Å². The highest BCUT2D eigenvalue weighted by Crippen LogP contribution is 2.00. The number of ether oxygens (including phenoxy) is 1. The molecule has 0 spiro atoms. The zero-order chi connectivity index (χ0) is 12.0. The van der Waals surface area contributed by atoms with E-state index in [0.29, 0.717) is 0 Å². The lowest BCUT2D eigenvalue weighted by Crippen LogP contribution is -2.45. The van der Waals surface area contributed by atoms with Gasteiger partial charge in [-0.1, -0.05) is 6.92 Å². The van der Waals surface area contributed by atoms with Gasteiger partial charge >= 0.3 is 12.1 Å². The number of carboxylic acids is 1. The van der Waals surface area contributed by atoms with E-state index < -0.39 is 34.3 Å². The monoisotopic (exact) mass is 237 g/mol. The van der Waals surface area contributed by atoms with Gasteiger partial charge in [-0.2, -0.15) is 8.42 Å². The second-order valence-corrected chi connectivity index (χ2v) is 3.50. The van der Waals surface area contributed by atoms with Crippen molar-refractivity contribution in [1.82, 2.24) is 5.32 Å². The van der Waals surface area contributed by atoms with Gasteiger partial charge in [0.25, 0.3) is 0 Å². The van der Waals surface area contributed by atoms with E-state index in [1.807, 2.05) is 5.32 Å². The molecule has 0 aromatic rings. The molecular formula is C7H11NO6S. The summed E-state index contributed by atoms with van der Waals surface area (Å²) in [5.74, 6) is -2.20.